The zero-order valence-electron chi connectivity index (χ0n) is 15.1. The zero-order valence-corrected chi connectivity index (χ0v) is 15.1. The third-order valence-corrected chi connectivity index (χ3v) is 4.33. The summed E-state index contributed by atoms with van der Waals surface area (Å²) in [7, 11) is 1.76. The molecule has 3 aromatic heterocycles. The summed E-state index contributed by atoms with van der Waals surface area (Å²) < 4.78 is 4.60. The van der Waals surface area contributed by atoms with Crippen molar-refractivity contribution in [1.29, 1.82) is 0 Å². The van der Waals surface area contributed by atoms with Gasteiger partial charge < -0.3 is 5.32 Å². The van der Waals surface area contributed by atoms with Crippen molar-refractivity contribution in [3.05, 3.63) is 76.9 Å². The smallest absolute Gasteiger partial charge is 0.295 e. The van der Waals surface area contributed by atoms with Crippen LogP contribution in [-0.4, -0.2) is 40.2 Å². The lowest BCUT2D eigenvalue weighted by atomic mass is 10.3. The van der Waals surface area contributed by atoms with Crippen LogP contribution in [0.15, 0.2) is 59.9 Å². The number of nitrogens with zero attached hydrogens (tertiary/aromatic N) is 7. The van der Waals surface area contributed by atoms with E-state index >= 15 is 0 Å². The summed E-state index contributed by atoms with van der Waals surface area (Å²) in [6.45, 7) is 1.76. The van der Waals surface area contributed by atoms with Crippen LogP contribution in [0.25, 0.3) is 11.5 Å². The van der Waals surface area contributed by atoms with Gasteiger partial charge in [-0.1, -0.05) is 18.2 Å². The molecule has 0 unspecified atom stereocenters. The monoisotopic (exact) mass is 376 g/mol. The molecule has 0 atom stereocenters. The Labute approximate surface area is 159 Å². The normalized spacial score (nSPS) is 10.8. The predicted molar refractivity (Wildman–Crippen MR) is 101 cm³/mol. The number of carbonyl (C=O) groups excluding carboxylic acids is 1. The second kappa shape index (κ2) is 6.91. The molecular formula is C18H16N8O2. The van der Waals surface area contributed by atoms with E-state index in [0.29, 0.717) is 17.2 Å². The first-order valence-corrected chi connectivity index (χ1v) is 8.40. The minimum atomic E-state index is -0.524. The van der Waals surface area contributed by atoms with E-state index < -0.39 is 5.91 Å². The maximum absolute atomic E-state index is 12.9. The van der Waals surface area contributed by atoms with Gasteiger partial charge in [0, 0.05) is 7.05 Å². The van der Waals surface area contributed by atoms with Crippen LogP contribution in [0.1, 0.15) is 16.2 Å². The number of hydrogen-bond donors (Lipinski definition) is 1. The fourth-order valence-corrected chi connectivity index (χ4v) is 2.78. The van der Waals surface area contributed by atoms with Crippen LogP contribution < -0.4 is 10.9 Å². The van der Waals surface area contributed by atoms with Crippen molar-refractivity contribution >= 4 is 11.6 Å². The van der Waals surface area contributed by atoms with Crippen LogP contribution in [0.5, 0.6) is 0 Å². The van der Waals surface area contributed by atoms with Gasteiger partial charge in [-0.2, -0.15) is 5.10 Å². The van der Waals surface area contributed by atoms with Gasteiger partial charge in [-0.05, 0) is 31.2 Å². The molecule has 0 fully saturated rings. The van der Waals surface area contributed by atoms with Gasteiger partial charge in [0.05, 0.1) is 11.4 Å². The molecule has 0 radical (unpaired) electrons. The van der Waals surface area contributed by atoms with E-state index in [1.165, 1.54) is 28.1 Å². The maximum atomic E-state index is 12.9. The first kappa shape index (κ1) is 17.3. The minimum Gasteiger partial charge on any atom is -0.314 e. The van der Waals surface area contributed by atoms with Crippen LogP contribution in [0.2, 0.25) is 0 Å². The number of anilines is 1. The summed E-state index contributed by atoms with van der Waals surface area (Å²) in [5.74, 6) is -0.0972. The molecule has 4 rings (SSSR count). The van der Waals surface area contributed by atoms with Gasteiger partial charge in [0.1, 0.15) is 18.3 Å². The largest absolute Gasteiger partial charge is 0.314 e. The molecule has 0 aliphatic rings. The zero-order chi connectivity index (χ0) is 19.7. The number of hydrogen-bond acceptors (Lipinski definition) is 6. The minimum absolute atomic E-state index is 0.0813. The molecule has 0 spiro atoms. The van der Waals surface area contributed by atoms with Gasteiger partial charge in [-0.3, -0.25) is 14.3 Å². The van der Waals surface area contributed by atoms with E-state index in [1.54, 1.807) is 24.7 Å². The van der Waals surface area contributed by atoms with Crippen molar-refractivity contribution in [3.8, 4) is 11.5 Å². The molecule has 1 aromatic carbocycles. The highest BCUT2D eigenvalue weighted by atomic mass is 16.2. The van der Waals surface area contributed by atoms with E-state index in [9.17, 15) is 9.59 Å². The Morgan fingerprint density at radius 1 is 1.07 bits per heavy atom. The Morgan fingerprint density at radius 2 is 1.86 bits per heavy atom. The van der Waals surface area contributed by atoms with E-state index in [4.69, 9.17) is 0 Å². The lowest BCUT2D eigenvalue weighted by Crippen LogP contribution is -2.23. The molecule has 0 aliphatic heterocycles. The standard InChI is InChI=1S/C18H16N8O2/c1-12-16(18(28)26(24(12)2)13-6-4-3-5-7-13)21-17(27)14-8-9-15(23-22-14)25-11-19-10-20-25/h3-11H,1-2H3,(H,21,27). The van der Waals surface area contributed by atoms with Gasteiger partial charge in [0.25, 0.3) is 11.5 Å². The number of aromatic nitrogens is 7. The quantitative estimate of drug-likeness (QED) is 0.571. The fraction of sp³-hybridized carbons (Fsp3) is 0.111. The SMILES string of the molecule is Cc1c(NC(=O)c2ccc(-n3cncn3)nn2)c(=O)n(-c2ccccc2)n1C. The lowest BCUT2D eigenvalue weighted by Gasteiger charge is -2.07. The van der Waals surface area contributed by atoms with Crippen LogP contribution in [0.4, 0.5) is 5.69 Å². The number of nitrogens with one attached hydrogen (secondary N) is 1. The molecule has 10 nitrogen and oxygen atoms in total. The van der Waals surface area contributed by atoms with E-state index in [1.807, 2.05) is 30.3 Å². The maximum Gasteiger partial charge on any atom is 0.295 e. The molecule has 0 aliphatic carbocycles. The molecule has 28 heavy (non-hydrogen) atoms. The summed E-state index contributed by atoms with van der Waals surface area (Å²) in [6, 6.07) is 12.3. The molecule has 4 aromatic rings. The second-order valence-corrected chi connectivity index (χ2v) is 6.01. The van der Waals surface area contributed by atoms with Gasteiger partial charge in [0.2, 0.25) is 0 Å². The Kier molecular flexibility index (Phi) is 4.28. The summed E-state index contributed by atoms with van der Waals surface area (Å²) in [5.41, 5.74) is 1.27. The Bertz CT molecular complexity index is 1180. The molecule has 0 saturated heterocycles. The summed E-state index contributed by atoms with van der Waals surface area (Å²) in [4.78, 5) is 29.3. The van der Waals surface area contributed by atoms with E-state index in [0.717, 1.165) is 0 Å². The van der Waals surface area contributed by atoms with Crippen LogP contribution >= 0.6 is 0 Å². The van der Waals surface area contributed by atoms with Crippen molar-refractivity contribution in [3.63, 3.8) is 0 Å². The van der Waals surface area contributed by atoms with Gasteiger partial charge in [-0.15, -0.1) is 10.2 Å². The van der Waals surface area contributed by atoms with Crippen molar-refractivity contribution in [1.82, 2.24) is 34.3 Å². The third kappa shape index (κ3) is 2.96. The van der Waals surface area contributed by atoms with Crippen molar-refractivity contribution in [2.24, 2.45) is 7.05 Å². The molecule has 10 heteroatoms. The molecule has 0 saturated carbocycles. The average Bonchev–Trinajstić information content (AvgIpc) is 3.33. The Balaban J connectivity index is 1.63. The topological polar surface area (TPSA) is 113 Å². The highest BCUT2D eigenvalue weighted by molar-refractivity contribution is 6.03. The molecular weight excluding hydrogens is 360 g/mol. The van der Waals surface area contributed by atoms with E-state index in [2.05, 4.69) is 25.6 Å². The number of amides is 1. The molecule has 3 heterocycles. The number of benzene rings is 1. The number of rotatable bonds is 4. The van der Waals surface area contributed by atoms with E-state index in [-0.39, 0.29) is 16.9 Å². The average molecular weight is 376 g/mol. The van der Waals surface area contributed by atoms with Crippen LogP contribution in [-0.2, 0) is 7.05 Å². The highest BCUT2D eigenvalue weighted by Crippen LogP contribution is 2.14. The lowest BCUT2D eigenvalue weighted by molar-refractivity contribution is 0.102. The number of para-hydroxylation sites is 1. The highest BCUT2D eigenvalue weighted by Gasteiger charge is 2.19. The van der Waals surface area contributed by atoms with Crippen molar-refractivity contribution in [2.75, 3.05) is 5.32 Å². The van der Waals surface area contributed by atoms with Gasteiger partial charge in [-0.25, -0.2) is 14.3 Å². The molecule has 0 bridgehead atoms. The molecule has 140 valence electrons. The van der Waals surface area contributed by atoms with Crippen LogP contribution in [0, 0.1) is 6.92 Å². The van der Waals surface area contributed by atoms with Gasteiger partial charge in [0.15, 0.2) is 11.5 Å². The van der Waals surface area contributed by atoms with Crippen molar-refractivity contribution in [2.45, 2.75) is 6.92 Å². The second-order valence-electron chi connectivity index (χ2n) is 6.01. The molecule has 1 N–H and O–H groups in total. The molecule has 1 amide bonds. The summed E-state index contributed by atoms with van der Waals surface area (Å²) in [5, 5.41) is 14.5. The predicted octanol–water partition coefficient (Wildman–Crippen LogP) is 1.11. The first-order valence-electron chi connectivity index (χ1n) is 8.40. The number of carbonyl (C=O) groups is 1. The van der Waals surface area contributed by atoms with Crippen LogP contribution in [0.3, 0.4) is 0 Å². The third-order valence-electron chi connectivity index (χ3n) is 4.33. The first-order chi connectivity index (χ1) is 13.6. The fourth-order valence-electron chi connectivity index (χ4n) is 2.78. The summed E-state index contributed by atoms with van der Waals surface area (Å²) >= 11 is 0. The van der Waals surface area contributed by atoms with Crippen molar-refractivity contribution < 1.29 is 4.79 Å². The Hall–Kier alpha value is -4.08. The Morgan fingerprint density at radius 3 is 2.50 bits per heavy atom. The van der Waals surface area contributed by atoms with Gasteiger partial charge >= 0.3 is 0 Å². The summed E-state index contributed by atoms with van der Waals surface area (Å²) in [6.07, 6.45) is 2.85.